The van der Waals surface area contributed by atoms with Crippen LogP contribution in [-0.4, -0.2) is 32.2 Å². The summed E-state index contributed by atoms with van der Waals surface area (Å²) in [5.41, 5.74) is 2.91. The smallest absolute Gasteiger partial charge is 0.283 e. The number of aliphatic hydroxyl groups is 1. The molecule has 0 aliphatic rings. The molecule has 1 atom stereocenters. The maximum Gasteiger partial charge on any atom is 0.283 e. The van der Waals surface area contributed by atoms with E-state index < -0.39 is 54.4 Å². The fourth-order valence-electron chi connectivity index (χ4n) is 3.39. The molecule has 4 rings (SSSR count). The summed E-state index contributed by atoms with van der Waals surface area (Å²) in [7, 11) is 0. The number of pyridine rings is 1. The standard InChI is InChI=1S/C23H20F4N4O2/c1-2-23(26,27)22(32,15-6-8-16(24)9-7-15)13-33-18-5-3-4-17(20(18)25)14-10-11-31-19(12-14)29-21(28)30-31/h3-12,32H,2,13H2,1H3,(H2,28,30)/i1D2. The van der Waals surface area contributed by atoms with Crippen LogP contribution in [0, 0.1) is 11.6 Å². The normalized spacial score (nSPS) is 14.7. The zero-order valence-corrected chi connectivity index (χ0v) is 17.1. The highest BCUT2D eigenvalue weighted by Gasteiger charge is 2.53. The second-order valence-corrected chi connectivity index (χ2v) is 7.37. The quantitative estimate of drug-likeness (QED) is 0.393. The molecule has 0 radical (unpaired) electrons. The van der Waals surface area contributed by atoms with Crippen molar-refractivity contribution in [3.63, 3.8) is 0 Å². The first-order valence-electron chi connectivity index (χ1n) is 10.9. The molecule has 0 spiro atoms. The molecule has 0 amide bonds. The summed E-state index contributed by atoms with van der Waals surface area (Å²) in [5, 5.41) is 14.9. The van der Waals surface area contributed by atoms with Crippen LogP contribution in [0.4, 0.5) is 23.5 Å². The predicted octanol–water partition coefficient (Wildman–Crippen LogP) is 4.57. The first-order valence-corrected chi connectivity index (χ1v) is 9.74. The van der Waals surface area contributed by atoms with E-state index in [-0.39, 0.29) is 11.5 Å². The van der Waals surface area contributed by atoms with Gasteiger partial charge in [-0.15, -0.1) is 5.10 Å². The second-order valence-electron chi connectivity index (χ2n) is 7.37. The predicted molar refractivity (Wildman–Crippen MR) is 114 cm³/mol. The van der Waals surface area contributed by atoms with Gasteiger partial charge in [-0.2, -0.15) is 4.98 Å². The molecule has 0 aliphatic heterocycles. The van der Waals surface area contributed by atoms with E-state index in [2.05, 4.69) is 10.1 Å². The van der Waals surface area contributed by atoms with Crippen LogP contribution in [0.5, 0.6) is 5.75 Å². The van der Waals surface area contributed by atoms with Gasteiger partial charge in [0.25, 0.3) is 5.92 Å². The molecule has 0 aliphatic carbocycles. The molecule has 3 N–H and O–H groups in total. The van der Waals surface area contributed by atoms with Crippen molar-refractivity contribution in [2.75, 3.05) is 12.3 Å². The molecular weight excluding hydrogens is 440 g/mol. The van der Waals surface area contributed by atoms with Crippen molar-refractivity contribution in [2.45, 2.75) is 24.8 Å². The topological polar surface area (TPSA) is 85.7 Å². The van der Waals surface area contributed by atoms with Gasteiger partial charge in [-0.05, 0) is 41.5 Å². The number of aromatic nitrogens is 3. The number of rotatable bonds is 7. The maximum absolute atomic E-state index is 15.3. The third-order valence-corrected chi connectivity index (χ3v) is 5.25. The van der Waals surface area contributed by atoms with Crippen molar-refractivity contribution in [3.05, 3.63) is 78.0 Å². The Morgan fingerprint density at radius 2 is 1.91 bits per heavy atom. The van der Waals surface area contributed by atoms with E-state index in [4.69, 9.17) is 13.2 Å². The van der Waals surface area contributed by atoms with Crippen LogP contribution in [0.25, 0.3) is 16.8 Å². The van der Waals surface area contributed by atoms with Crippen LogP contribution in [0.15, 0.2) is 60.8 Å². The Balaban J connectivity index is 1.67. The Morgan fingerprint density at radius 1 is 1.15 bits per heavy atom. The third kappa shape index (κ3) is 4.09. The lowest BCUT2D eigenvalue weighted by molar-refractivity contribution is -0.203. The van der Waals surface area contributed by atoms with E-state index in [9.17, 15) is 9.50 Å². The highest BCUT2D eigenvalue weighted by Crippen LogP contribution is 2.41. The van der Waals surface area contributed by atoms with E-state index in [0.717, 1.165) is 24.3 Å². The van der Waals surface area contributed by atoms with Gasteiger partial charge in [0.1, 0.15) is 12.4 Å². The summed E-state index contributed by atoms with van der Waals surface area (Å²) in [6.07, 6.45) is 0.196. The third-order valence-electron chi connectivity index (χ3n) is 5.25. The lowest BCUT2D eigenvalue weighted by atomic mass is 9.86. The molecule has 0 saturated carbocycles. The minimum absolute atomic E-state index is 0.0308. The minimum Gasteiger partial charge on any atom is -0.487 e. The number of anilines is 1. The van der Waals surface area contributed by atoms with Crippen molar-refractivity contribution in [2.24, 2.45) is 0 Å². The number of halogens is 4. The summed E-state index contributed by atoms with van der Waals surface area (Å²) in [4.78, 5) is 4.01. The Hall–Kier alpha value is -3.66. The SMILES string of the molecule is [2H]C([2H])CC(F)(F)C(O)(COc1cccc(-c2ccn3nc(N)nc3c2)c1F)c1ccc(F)cc1. The van der Waals surface area contributed by atoms with Crippen molar-refractivity contribution < 1.29 is 30.1 Å². The summed E-state index contributed by atoms with van der Waals surface area (Å²) < 4.78 is 79.9. The molecule has 0 bridgehead atoms. The molecule has 6 nitrogen and oxygen atoms in total. The van der Waals surface area contributed by atoms with Gasteiger partial charge >= 0.3 is 0 Å². The average Bonchev–Trinajstić information content (AvgIpc) is 3.17. The second kappa shape index (κ2) is 8.36. The van der Waals surface area contributed by atoms with E-state index in [1.165, 1.54) is 35.0 Å². The average molecular weight is 462 g/mol. The molecular formula is C23H20F4N4O2. The van der Waals surface area contributed by atoms with E-state index in [0.29, 0.717) is 11.2 Å². The minimum atomic E-state index is -4.02. The first kappa shape index (κ1) is 20.0. The lowest BCUT2D eigenvalue weighted by Gasteiger charge is -2.35. The van der Waals surface area contributed by atoms with Gasteiger partial charge in [-0.1, -0.05) is 31.1 Å². The fraction of sp³-hybridized carbons (Fsp3) is 0.217. The van der Waals surface area contributed by atoms with Gasteiger partial charge in [0.05, 0.1) is 0 Å². The molecule has 10 heteroatoms. The summed E-state index contributed by atoms with van der Waals surface area (Å²) >= 11 is 0. The number of hydrogen-bond donors (Lipinski definition) is 2. The lowest BCUT2D eigenvalue weighted by Crippen LogP contribution is -2.49. The number of benzene rings is 2. The Bertz CT molecular complexity index is 1350. The number of hydrogen-bond acceptors (Lipinski definition) is 5. The molecule has 0 saturated heterocycles. The van der Waals surface area contributed by atoms with Crippen LogP contribution in [-0.2, 0) is 5.60 Å². The molecule has 33 heavy (non-hydrogen) atoms. The number of nitrogens with two attached hydrogens (primary N) is 1. The van der Waals surface area contributed by atoms with Crippen LogP contribution in [0.3, 0.4) is 0 Å². The molecule has 1 unspecified atom stereocenters. The fourth-order valence-corrected chi connectivity index (χ4v) is 3.39. The molecule has 2 heterocycles. The number of ether oxygens (including phenoxy) is 1. The first-order chi connectivity index (χ1) is 16.5. The zero-order chi connectivity index (χ0) is 25.4. The molecule has 2 aromatic carbocycles. The van der Waals surface area contributed by atoms with Gasteiger partial charge in [0.15, 0.2) is 22.8 Å². The summed E-state index contributed by atoms with van der Waals surface area (Å²) in [6.45, 7) is -3.09. The van der Waals surface area contributed by atoms with Crippen LogP contribution in [0.1, 0.15) is 21.6 Å². The molecule has 0 fully saturated rings. The van der Waals surface area contributed by atoms with Crippen molar-refractivity contribution in [1.82, 2.24) is 14.6 Å². The molecule has 2 aromatic heterocycles. The highest BCUT2D eigenvalue weighted by molar-refractivity contribution is 5.69. The molecule has 4 aromatic rings. The number of fused-ring (bicyclic) bond motifs is 1. The van der Waals surface area contributed by atoms with E-state index >= 15 is 13.2 Å². The Kier molecular flexibility index (Phi) is 5.06. The summed E-state index contributed by atoms with van der Waals surface area (Å²) in [5.74, 6) is -6.01. The van der Waals surface area contributed by atoms with E-state index in [1.807, 2.05) is 0 Å². The van der Waals surface area contributed by atoms with Crippen molar-refractivity contribution >= 4 is 11.6 Å². The van der Waals surface area contributed by atoms with Crippen molar-refractivity contribution in [3.8, 4) is 16.9 Å². The largest absolute Gasteiger partial charge is 0.487 e. The van der Waals surface area contributed by atoms with Gasteiger partial charge < -0.3 is 15.6 Å². The van der Waals surface area contributed by atoms with Crippen LogP contribution in [0.2, 0.25) is 0 Å². The number of nitrogens with zero attached hydrogens (tertiary/aromatic N) is 3. The van der Waals surface area contributed by atoms with Gasteiger partial charge in [0, 0.05) is 20.9 Å². The van der Waals surface area contributed by atoms with Gasteiger partial charge in [-0.3, -0.25) is 0 Å². The number of nitrogen functional groups attached to an aromatic ring is 1. The maximum atomic E-state index is 15.3. The zero-order valence-electron chi connectivity index (χ0n) is 19.1. The van der Waals surface area contributed by atoms with E-state index in [1.54, 1.807) is 6.07 Å². The summed E-state index contributed by atoms with van der Waals surface area (Å²) in [6, 6.07) is 10.8. The monoisotopic (exact) mass is 462 g/mol. The van der Waals surface area contributed by atoms with Gasteiger partial charge in [0.2, 0.25) is 5.95 Å². The molecule has 172 valence electrons. The number of alkyl halides is 2. The van der Waals surface area contributed by atoms with Crippen LogP contribution < -0.4 is 10.5 Å². The highest BCUT2D eigenvalue weighted by atomic mass is 19.3. The Morgan fingerprint density at radius 3 is 2.64 bits per heavy atom. The van der Waals surface area contributed by atoms with Gasteiger partial charge in [-0.25, -0.2) is 22.1 Å². The van der Waals surface area contributed by atoms with Crippen LogP contribution >= 0.6 is 0 Å². The van der Waals surface area contributed by atoms with Crippen molar-refractivity contribution in [1.29, 1.82) is 0 Å². The Labute approximate surface area is 189 Å².